The molecule has 1 amide bonds. The summed E-state index contributed by atoms with van der Waals surface area (Å²) in [5.74, 6) is 1.03. The van der Waals surface area contributed by atoms with Crippen LogP contribution in [0.25, 0.3) is 0 Å². The van der Waals surface area contributed by atoms with E-state index in [2.05, 4.69) is 4.72 Å². The summed E-state index contributed by atoms with van der Waals surface area (Å²) in [5.41, 5.74) is 1.03. The fourth-order valence-electron chi connectivity index (χ4n) is 3.44. The lowest BCUT2D eigenvalue weighted by Gasteiger charge is -2.19. The van der Waals surface area contributed by atoms with Crippen molar-refractivity contribution in [3.63, 3.8) is 0 Å². The Morgan fingerprint density at radius 3 is 2.48 bits per heavy atom. The monoisotopic (exact) mass is 388 g/mol. The first-order chi connectivity index (χ1) is 12.7. The number of carbonyl (C=O) groups excluding carboxylic acids is 1. The topological polar surface area (TPSA) is 84.9 Å². The van der Waals surface area contributed by atoms with Gasteiger partial charge in [0.25, 0.3) is 10.0 Å². The van der Waals surface area contributed by atoms with Crippen LogP contribution in [0.3, 0.4) is 0 Å². The lowest BCUT2D eigenvalue weighted by Crippen LogP contribution is -2.33. The molecule has 0 unspecified atom stereocenters. The molecule has 0 aromatic heterocycles. The van der Waals surface area contributed by atoms with Crippen molar-refractivity contribution in [2.45, 2.75) is 24.2 Å². The Balaban J connectivity index is 1.68. The van der Waals surface area contributed by atoms with Gasteiger partial charge in [0.15, 0.2) is 11.5 Å². The molecule has 7 nitrogen and oxygen atoms in total. The minimum atomic E-state index is -3.82. The van der Waals surface area contributed by atoms with E-state index >= 15 is 0 Å². The number of anilines is 2. The van der Waals surface area contributed by atoms with Crippen LogP contribution in [0.1, 0.15) is 19.4 Å². The molecule has 2 aromatic carbocycles. The van der Waals surface area contributed by atoms with Crippen LogP contribution >= 0.6 is 0 Å². The van der Waals surface area contributed by atoms with Crippen molar-refractivity contribution >= 4 is 27.3 Å². The maximum atomic E-state index is 12.9. The van der Waals surface area contributed by atoms with E-state index in [4.69, 9.17) is 9.47 Å². The standard InChI is InChI=1S/C19H20N2O5S/c1-19(2)14-11-13(5-6-15(14)21(3)18(19)22)27(23,24)20-12-4-7-16-17(10-12)26-9-8-25-16/h4-7,10-11,20H,8-9H2,1-3H3. The van der Waals surface area contributed by atoms with Crippen molar-refractivity contribution in [2.75, 3.05) is 29.9 Å². The van der Waals surface area contributed by atoms with Gasteiger partial charge in [-0.2, -0.15) is 0 Å². The summed E-state index contributed by atoms with van der Waals surface area (Å²) in [6.07, 6.45) is 0. The van der Waals surface area contributed by atoms with Crippen LogP contribution in [0.15, 0.2) is 41.3 Å². The molecule has 8 heteroatoms. The summed E-state index contributed by atoms with van der Waals surface area (Å²) in [7, 11) is -2.13. The van der Waals surface area contributed by atoms with Crippen molar-refractivity contribution < 1.29 is 22.7 Å². The Morgan fingerprint density at radius 1 is 1.04 bits per heavy atom. The molecule has 0 atom stereocenters. The van der Waals surface area contributed by atoms with Crippen molar-refractivity contribution in [2.24, 2.45) is 0 Å². The maximum Gasteiger partial charge on any atom is 0.261 e. The second-order valence-corrected chi connectivity index (χ2v) is 8.81. The lowest BCUT2D eigenvalue weighted by molar-refractivity contribution is -0.121. The Bertz CT molecular complexity index is 1050. The molecule has 2 aliphatic rings. The first-order valence-electron chi connectivity index (χ1n) is 8.55. The predicted molar refractivity (Wildman–Crippen MR) is 101 cm³/mol. The summed E-state index contributed by atoms with van der Waals surface area (Å²) < 4.78 is 39.2. The van der Waals surface area contributed by atoms with Gasteiger partial charge in [0, 0.05) is 18.8 Å². The van der Waals surface area contributed by atoms with Gasteiger partial charge < -0.3 is 14.4 Å². The van der Waals surface area contributed by atoms with Gasteiger partial charge in [-0.25, -0.2) is 8.42 Å². The number of hydrogen-bond donors (Lipinski definition) is 1. The van der Waals surface area contributed by atoms with Crippen LogP contribution in [0.2, 0.25) is 0 Å². The fourth-order valence-corrected chi connectivity index (χ4v) is 4.52. The Labute approximate surface area is 157 Å². The van der Waals surface area contributed by atoms with Crippen LogP contribution in [0, 0.1) is 0 Å². The molecule has 0 spiro atoms. The largest absolute Gasteiger partial charge is 0.486 e. The summed E-state index contributed by atoms with van der Waals surface area (Å²) in [5, 5.41) is 0. The minimum absolute atomic E-state index is 0.0631. The molecule has 142 valence electrons. The van der Waals surface area contributed by atoms with Crippen LogP contribution in [0.4, 0.5) is 11.4 Å². The van der Waals surface area contributed by atoms with E-state index in [-0.39, 0.29) is 10.8 Å². The van der Waals surface area contributed by atoms with E-state index < -0.39 is 15.4 Å². The number of benzene rings is 2. The molecule has 0 fully saturated rings. The van der Waals surface area contributed by atoms with E-state index in [1.807, 2.05) is 0 Å². The maximum absolute atomic E-state index is 12.9. The zero-order valence-electron chi connectivity index (χ0n) is 15.3. The van der Waals surface area contributed by atoms with Crippen molar-refractivity contribution in [1.82, 2.24) is 0 Å². The first-order valence-corrected chi connectivity index (χ1v) is 10.0. The van der Waals surface area contributed by atoms with E-state index in [0.29, 0.717) is 36.0 Å². The number of fused-ring (bicyclic) bond motifs is 2. The third-order valence-electron chi connectivity index (χ3n) is 4.95. The zero-order chi connectivity index (χ0) is 19.4. The Morgan fingerprint density at radius 2 is 1.74 bits per heavy atom. The minimum Gasteiger partial charge on any atom is -0.486 e. The number of amides is 1. The molecule has 4 rings (SSSR count). The summed E-state index contributed by atoms with van der Waals surface area (Å²) in [6, 6.07) is 9.63. The normalized spacial score (nSPS) is 17.6. The second-order valence-electron chi connectivity index (χ2n) is 7.13. The zero-order valence-corrected chi connectivity index (χ0v) is 16.1. The van der Waals surface area contributed by atoms with E-state index in [1.165, 1.54) is 6.07 Å². The smallest absolute Gasteiger partial charge is 0.261 e. The van der Waals surface area contributed by atoms with Crippen molar-refractivity contribution in [1.29, 1.82) is 0 Å². The highest BCUT2D eigenvalue weighted by molar-refractivity contribution is 7.92. The van der Waals surface area contributed by atoms with Gasteiger partial charge >= 0.3 is 0 Å². The molecule has 0 saturated carbocycles. The van der Waals surface area contributed by atoms with E-state index in [1.54, 1.807) is 56.1 Å². The molecular formula is C19H20N2O5S. The number of ether oxygens (including phenoxy) is 2. The van der Waals surface area contributed by atoms with Gasteiger partial charge in [-0.1, -0.05) is 0 Å². The Hall–Kier alpha value is -2.74. The Kier molecular flexibility index (Phi) is 3.85. The van der Waals surface area contributed by atoms with Gasteiger partial charge in [0.05, 0.1) is 16.0 Å². The molecule has 0 bridgehead atoms. The quantitative estimate of drug-likeness (QED) is 0.873. The number of rotatable bonds is 3. The summed E-state index contributed by atoms with van der Waals surface area (Å²) in [4.78, 5) is 14.1. The molecule has 2 heterocycles. The number of nitrogens with one attached hydrogen (secondary N) is 1. The SMILES string of the molecule is CN1C(=O)C(C)(C)c2cc(S(=O)(=O)Nc3ccc4c(c3)OCCO4)ccc21. The molecule has 0 radical (unpaired) electrons. The molecule has 0 aliphatic carbocycles. The van der Waals surface area contributed by atoms with E-state index in [0.717, 1.165) is 5.69 Å². The predicted octanol–water partition coefficient (Wildman–Crippen LogP) is 2.51. The highest BCUT2D eigenvalue weighted by atomic mass is 32.2. The third kappa shape index (κ3) is 2.80. The number of sulfonamides is 1. The van der Waals surface area contributed by atoms with Crippen LogP contribution in [-0.2, 0) is 20.2 Å². The fraction of sp³-hybridized carbons (Fsp3) is 0.316. The number of likely N-dealkylation sites (N-methyl/N-ethyl adjacent to an activating group) is 1. The second kappa shape index (κ2) is 5.88. The lowest BCUT2D eigenvalue weighted by atomic mass is 9.86. The highest BCUT2D eigenvalue weighted by Gasteiger charge is 2.42. The van der Waals surface area contributed by atoms with Gasteiger partial charge in [0.1, 0.15) is 13.2 Å². The molecule has 2 aliphatic heterocycles. The highest BCUT2D eigenvalue weighted by Crippen LogP contribution is 2.42. The van der Waals surface area contributed by atoms with Gasteiger partial charge in [0.2, 0.25) is 5.91 Å². The number of hydrogen-bond acceptors (Lipinski definition) is 5. The average molecular weight is 388 g/mol. The molecule has 1 N–H and O–H groups in total. The molecule has 0 saturated heterocycles. The van der Waals surface area contributed by atoms with Gasteiger partial charge in [-0.15, -0.1) is 0 Å². The number of nitrogens with zero attached hydrogens (tertiary/aromatic N) is 1. The summed E-state index contributed by atoms with van der Waals surface area (Å²) in [6.45, 7) is 4.48. The summed E-state index contributed by atoms with van der Waals surface area (Å²) >= 11 is 0. The number of carbonyl (C=O) groups is 1. The molecular weight excluding hydrogens is 368 g/mol. The van der Waals surface area contributed by atoms with Gasteiger partial charge in [-0.3, -0.25) is 9.52 Å². The van der Waals surface area contributed by atoms with Gasteiger partial charge in [-0.05, 0) is 49.7 Å². The van der Waals surface area contributed by atoms with E-state index in [9.17, 15) is 13.2 Å². The molecule has 2 aromatic rings. The van der Waals surface area contributed by atoms with Crippen LogP contribution < -0.4 is 19.1 Å². The molecule has 27 heavy (non-hydrogen) atoms. The third-order valence-corrected chi connectivity index (χ3v) is 6.33. The average Bonchev–Trinajstić information content (AvgIpc) is 2.82. The van der Waals surface area contributed by atoms with Crippen LogP contribution in [0.5, 0.6) is 11.5 Å². The van der Waals surface area contributed by atoms with Crippen molar-refractivity contribution in [3.8, 4) is 11.5 Å². The van der Waals surface area contributed by atoms with Crippen molar-refractivity contribution in [3.05, 3.63) is 42.0 Å². The first kappa shape index (κ1) is 17.7. The van der Waals surface area contributed by atoms with Crippen LogP contribution in [-0.4, -0.2) is 34.6 Å².